The molecule has 0 rings (SSSR count). The highest BCUT2D eigenvalue weighted by molar-refractivity contribution is 5.84. The second-order valence-electron chi connectivity index (χ2n) is 6.29. The minimum Gasteiger partial charge on any atom is -0.368 e. The Labute approximate surface area is 119 Å². The number of rotatable bonds is 10. The summed E-state index contributed by atoms with van der Waals surface area (Å²) in [6.45, 7) is 12.4. The molecule has 3 N–H and O–H groups in total. The maximum absolute atomic E-state index is 11.5. The molecule has 2 atom stereocenters. The molecule has 4 nitrogen and oxygen atoms in total. The van der Waals surface area contributed by atoms with Crippen molar-refractivity contribution in [3.63, 3.8) is 0 Å². The van der Waals surface area contributed by atoms with Gasteiger partial charge in [-0.3, -0.25) is 4.79 Å². The number of primary amides is 1. The Morgan fingerprint density at radius 2 is 1.95 bits per heavy atom. The monoisotopic (exact) mass is 271 g/mol. The molecule has 0 aromatic heterocycles. The Balaban J connectivity index is 4.15. The van der Waals surface area contributed by atoms with E-state index in [1.807, 2.05) is 13.8 Å². The van der Waals surface area contributed by atoms with Crippen LogP contribution in [0.25, 0.3) is 0 Å². The van der Waals surface area contributed by atoms with E-state index >= 15 is 0 Å². The average Bonchev–Trinajstić information content (AvgIpc) is 2.27. The Morgan fingerprint density at radius 1 is 1.37 bits per heavy atom. The molecule has 0 aliphatic carbocycles. The first kappa shape index (κ1) is 18.4. The molecule has 0 bridgehead atoms. The van der Waals surface area contributed by atoms with Crippen molar-refractivity contribution in [2.24, 2.45) is 11.7 Å². The number of nitrogens with one attached hydrogen (secondary N) is 1. The van der Waals surface area contributed by atoms with Crippen molar-refractivity contribution in [2.75, 3.05) is 20.1 Å². The summed E-state index contributed by atoms with van der Waals surface area (Å²) in [7, 11) is 2.15. The number of likely N-dealkylation sites (N-methyl/N-ethyl adjacent to an activating group) is 1. The maximum Gasteiger partial charge on any atom is 0.237 e. The van der Waals surface area contributed by atoms with Crippen molar-refractivity contribution in [1.82, 2.24) is 10.2 Å². The molecule has 114 valence electrons. The Morgan fingerprint density at radius 3 is 2.37 bits per heavy atom. The fraction of sp³-hybridized carbons (Fsp3) is 0.933. The lowest BCUT2D eigenvalue weighted by molar-refractivity contribution is -0.124. The molecule has 0 radical (unpaired) electrons. The first-order valence-corrected chi connectivity index (χ1v) is 7.48. The van der Waals surface area contributed by atoms with E-state index in [0.717, 1.165) is 31.8 Å². The third-order valence-corrected chi connectivity index (χ3v) is 3.86. The summed E-state index contributed by atoms with van der Waals surface area (Å²) < 4.78 is 0. The largest absolute Gasteiger partial charge is 0.368 e. The molecule has 0 aromatic rings. The van der Waals surface area contributed by atoms with Crippen LogP contribution in [-0.2, 0) is 4.79 Å². The zero-order valence-corrected chi connectivity index (χ0v) is 13.6. The highest BCUT2D eigenvalue weighted by atomic mass is 16.1. The number of amides is 1. The van der Waals surface area contributed by atoms with Crippen LogP contribution in [0.4, 0.5) is 0 Å². The molecule has 0 fully saturated rings. The molecule has 0 aliphatic heterocycles. The molecule has 0 saturated heterocycles. The summed E-state index contributed by atoms with van der Waals surface area (Å²) in [5, 5.41) is 3.20. The number of carbonyl (C=O) groups excluding carboxylic acids is 1. The van der Waals surface area contributed by atoms with Crippen LogP contribution < -0.4 is 11.1 Å². The van der Waals surface area contributed by atoms with Gasteiger partial charge in [0.05, 0.1) is 5.54 Å². The third kappa shape index (κ3) is 6.92. The second-order valence-corrected chi connectivity index (χ2v) is 6.29. The number of nitrogens with two attached hydrogens (primary N) is 1. The summed E-state index contributed by atoms with van der Waals surface area (Å²) in [5.41, 5.74) is 4.91. The first-order chi connectivity index (χ1) is 8.73. The van der Waals surface area contributed by atoms with E-state index in [2.05, 4.69) is 38.0 Å². The highest BCUT2D eigenvalue weighted by Crippen LogP contribution is 2.14. The van der Waals surface area contributed by atoms with Gasteiger partial charge in [-0.15, -0.1) is 0 Å². The molecule has 0 aromatic carbocycles. The fourth-order valence-corrected chi connectivity index (χ4v) is 2.45. The van der Waals surface area contributed by atoms with E-state index in [1.54, 1.807) is 0 Å². The van der Waals surface area contributed by atoms with Gasteiger partial charge in [0, 0.05) is 6.04 Å². The van der Waals surface area contributed by atoms with Gasteiger partial charge in [-0.1, -0.05) is 20.8 Å². The number of nitrogens with zero attached hydrogens (tertiary/aromatic N) is 1. The van der Waals surface area contributed by atoms with E-state index in [9.17, 15) is 4.79 Å². The van der Waals surface area contributed by atoms with Gasteiger partial charge in [0.2, 0.25) is 5.91 Å². The van der Waals surface area contributed by atoms with Gasteiger partial charge in [-0.05, 0) is 59.2 Å². The summed E-state index contributed by atoms with van der Waals surface area (Å²) >= 11 is 0. The van der Waals surface area contributed by atoms with Crippen LogP contribution in [0.2, 0.25) is 0 Å². The molecular formula is C15H33N3O. The van der Waals surface area contributed by atoms with Crippen molar-refractivity contribution in [3.8, 4) is 0 Å². The van der Waals surface area contributed by atoms with Crippen molar-refractivity contribution < 1.29 is 4.79 Å². The van der Waals surface area contributed by atoms with Crippen LogP contribution in [-0.4, -0.2) is 42.5 Å². The van der Waals surface area contributed by atoms with Crippen LogP contribution in [0, 0.1) is 5.92 Å². The lowest BCUT2D eigenvalue weighted by Gasteiger charge is -2.30. The fourth-order valence-electron chi connectivity index (χ4n) is 2.45. The van der Waals surface area contributed by atoms with E-state index < -0.39 is 5.54 Å². The predicted molar refractivity (Wildman–Crippen MR) is 82.1 cm³/mol. The number of carbonyl (C=O) groups is 1. The van der Waals surface area contributed by atoms with Crippen LogP contribution in [0.5, 0.6) is 0 Å². The molecule has 2 unspecified atom stereocenters. The van der Waals surface area contributed by atoms with E-state index in [4.69, 9.17) is 5.73 Å². The van der Waals surface area contributed by atoms with Crippen molar-refractivity contribution in [1.29, 1.82) is 0 Å². The molecule has 0 heterocycles. The quantitative estimate of drug-likeness (QED) is 0.639. The highest BCUT2D eigenvalue weighted by Gasteiger charge is 2.29. The smallest absolute Gasteiger partial charge is 0.237 e. The number of hydrogen-bond donors (Lipinski definition) is 2. The molecule has 1 amide bonds. The summed E-state index contributed by atoms with van der Waals surface area (Å²) in [5.74, 6) is 0.460. The van der Waals surface area contributed by atoms with Crippen LogP contribution in [0.15, 0.2) is 0 Å². The minimum atomic E-state index is -0.573. The minimum absolute atomic E-state index is 0.257. The zero-order chi connectivity index (χ0) is 15.1. The Hall–Kier alpha value is -0.610. The second kappa shape index (κ2) is 8.54. The first-order valence-electron chi connectivity index (χ1n) is 7.48. The zero-order valence-electron chi connectivity index (χ0n) is 13.6. The molecule has 0 saturated carbocycles. The number of hydrogen-bond acceptors (Lipinski definition) is 3. The lowest BCUT2D eigenvalue weighted by Crippen LogP contribution is -2.53. The van der Waals surface area contributed by atoms with Gasteiger partial charge in [-0.25, -0.2) is 0 Å². The van der Waals surface area contributed by atoms with Crippen LogP contribution >= 0.6 is 0 Å². The van der Waals surface area contributed by atoms with E-state index in [1.165, 1.54) is 6.42 Å². The van der Waals surface area contributed by atoms with E-state index in [-0.39, 0.29) is 5.91 Å². The maximum atomic E-state index is 11.5. The topological polar surface area (TPSA) is 58.4 Å². The summed E-state index contributed by atoms with van der Waals surface area (Å²) in [6.07, 6.45) is 2.97. The molecule has 19 heavy (non-hydrogen) atoms. The summed E-state index contributed by atoms with van der Waals surface area (Å²) in [6, 6.07) is 0.582. The third-order valence-electron chi connectivity index (χ3n) is 3.86. The lowest BCUT2D eigenvalue weighted by atomic mass is 9.94. The predicted octanol–water partition coefficient (Wildman–Crippen LogP) is 1.99. The Bertz CT molecular complexity index is 268. The van der Waals surface area contributed by atoms with E-state index in [0.29, 0.717) is 6.04 Å². The van der Waals surface area contributed by atoms with Gasteiger partial charge in [-0.2, -0.15) is 0 Å². The molecular weight excluding hydrogens is 238 g/mol. The van der Waals surface area contributed by atoms with Gasteiger partial charge in [0.15, 0.2) is 0 Å². The molecule has 0 aliphatic rings. The average molecular weight is 271 g/mol. The SMILES string of the molecule is CCNC(C)(CCCN(C)C(C)CC(C)C)C(N)=O. The van der Waals surface area contributed by atoms with Gasteiger partial charge in [0.1, 0.15) is 0 Å². The molecule has 4 heteroatoms. The normalized spacial score (nSPS) is 16.6. The summed E-state index contributed by atoms with van der Waals surface area (Å²) in [4.78, 5) is 13.9. The Kier molecular flexibility index (Phi) is 8.26. The van der Waals surface area contributed by atoms with Crippen LogP contribution in [0.1, 0.15) is 53.9 Å². The van der Waals surface area contributed by atoms with Crippen molar-refractivity contribution in [3.05, 3.63) is 0 Å². The molecule has 0 spiro atoms. The van der Waals surface area contributed by atoms with Crippen molar-refractivity contribution >= 4 is 5.91 Å². The van der Waals surface area contributed by atoms with Gasteiger partial charge in [0.25, 0.3) is 0 Å². The standard InChI is InChI=1S/C15H33N3O/c1-7-17-15(5,14(16)19)9-8-10-18(6)13(4)11-12(2)3/h12-13,17H,7-11H2,1-6H3,(H2,16,19). The van der Waals surface area contributed by atoms with Gasteiger partial charge < -0.3 is 16.0 Å². The van der Waals surface area contributed by atoms with Crippen molar-refractivity contribution in [2.45, 2.75) is 65.5 Å². The van der Waals surface area contributed by atoms with Gasteiger partial charge >= 0.3 is 0 Å². The van der Waals surface area contributed by atoms with Crippen LogP contribution in [0.3, 0.4) is 0 Å².